The van der Waals surface area contributed by atoms with Crippen molar-refractivity contribution in [1.82, 2.24) is 19.7 Å². The van der Waals surface area contributed by atoms with Gasteiger partial charge >= 0.3 is 0 Å². The molecule has 0 fully saturated rings. The summed E-state index contributed by atoms with van der Waals surface area (Å²) in [4.78, 5) is 8.66. The molecule has 6 nitrogen and oxygen atoms in total. The van der Waals surface area contributed by atoms with Gasteiger partial charge in [-0.25, -0.2) is 4.98 Å². The molecule has 2 aromatic heterocycles. The highest BCUT2D eigenvalue weighted by molar-refractivity contribution is 9.11. The molecule has 126 valence electrons. The molecule has 0 saturated heterocycles. The molecule has 1 aromatic carbocycles. The summed E-state index contributed by atoms with van der Waals surface area (Å²) < 4.78 is 3.48. The van der Waals surface area contributed by atoms with Crippen LogP contribution in [0.5, 0.6) is 0 Å². The minimum atomic E-state index is 0.392. The molecule has 2 N–H and O–H groups in total. The molecule has 0 spiro atoms. The van der Waals surface area contributed by atoms with Gasteiger partial charge in [0.25, 0.3) is 0 Å². The first-order chi connectivity index (χ1) is 12.1. The Bertz CT molecular complexity index is 927. The quantitative estimate of drug-likeness (QED) is 0.557. The largest absolute Gasteiger partial charge is 0.358 e. The highest BCUT2D eigenvalue weighted by Crippen LogP contribution is 2.28. The fourth-order valence-corrected chi connectivity index (χ4v) is 3.12. The van der Waals surface area contributed by atoms with Crippen LogP contribution in [-0.4, -0.2) is 26.3 Å². The maximum atomic E-state index is 5.27. The summed E-state index contributed by atoms with van der Waals surface area (Å²) in [7, 11) is 1.89. The lowest BCUT2D eigenvalue weighted by atomic mass is 10.1. The Hall–Kier alpha value is -2.37. The van der Waals surface area contributed by atoms with Crippen LogP contribution in [0.15, 0.2) is 45.6 Å². The molecule has 0 bridgehead atoms. The van der Waals surface area contributed by atoms with E-state index in [2.05, 4.69) is 63.5 Å². The van der Waals surface area contributed by atoms with Crippen molar-refractivity contribution in [2.75, 3.05) is 17.2 Å². The molecule has 25 heavy (non-hydrogen) atoms. The van der Waals surface area contributed by atoms with Crippen LogP contribution >= 0.6 is 31.9 Å². The Labute approximate surface area is 162 Å². The Kier molecular flexibility index (Phi) is 5.36. The molecular weight excluding hydrogens is 448 g/mol. The van der Waals surface area contributed by atoms with Crippen LogP contribution < -0.4 is 10.6 Å². The van der Waals surface area contributed by atoms with E-state index >= 15 is 0 Å². The van der Waals surface area contributed by atoms with Crippen LogP contribution in [0.25, 0.3) is 11.3 Å². The number of hydrogen-bond acceptors (Lipinski definition) is 5. The number of aromatic nitrogens is 4. The zero-order valence-corrected chi connectivity index (χ0v) is 16.5. The van der Waals surface area contributed by atoms with Gasteiger partial charge in [0, 0.05) is 30.7 Å². The summed E-state index contributed by atoms with van der Waals surface area (Å²) in [5.41, 5.74) is 2.79. The second-order valence-corrected chi connectivity index (χ2v) is 6.86. The fraction of sp³-hybridized carbons (Fsp3) is 0.118. The van der Waals surface area contributed by atoms with E-state index in [1.807, 2.05) is 37.5 Å². The van der Waals surface area contributed by atoms with E-state index in [0.717, 1.165) is 25.9 Å². The average molecular weight is 462 g/mol. The fourth-order valence-electron chi connectivity index (χ4n) is 2.18. The van der Waals surface area contributed by atoms with Crippen molar-refractivity contribution in [1.29, 1.82) is 0 Å². The number of nitrogens with zero attached hydrogens (tertiary/aromatic N) is 4. The maximum Gasteiger partial charge on any atom is 0.229 e. The van der Waals surface area contributed by atoms with E-state index in [1.165, 1.54) is 0 Å². The number of halogens is 2. The average Bonchev–Trinajstić information content (AvgIpc) is 2.94. The highest BCUT2D eigenvalue weighted by atomic mass is 79.9. The Morgan fingerprint density at radius 1 is 1.20 bits per heavy atom. The molecule has 8 heteroatoms. The van der Waals surface area contributed by atoms with E-state index in [1.54, 1.807) is 10.9 Å². The van der Waals surface area contributed by atoms with Gasteiger partial charge in [0.2, 0.25) is 5.95 Å². The molecule has 3 aromatic rings. The summed E-state index contributed by atoms with van der Waals surface area (Å²) in [6, 6.07) is 7.89. The van der Waals surface area contributed by atoms with Crippen LogP contribution in [0.1, 0.15) is 0 Å². The highest BCUT2D eigenvalue weighted by Gasteiger charge is 2.08. The molecule has 0 amide bonds. The second kappa shape index (κ2) is 7.68. The van der Waals surface area contributed by atoms with Crippen molar-refractivity contribution < 1.29 is 0 Å². The third-order valence-corrected chi connectivity index (χ3v) is 4.46. The molecule has 0 atom stereocenters. The lowest BCUT2D eigenvalue weighted by molar-refractivity contribution is 0.770. The van der Waals surface area contributed by atoms with Crippen LogP contribution in [0, 0.1) is 12.3 Å². The van der Waals surface area contributed by atoms with Gasteiger partial charge in [0.05, 0.1) is 15.5 Å². The predicted octanol–water partition coefficient (Wildman–Crippen LogP) is 4.19. The third-order valence-electron chi connectivity index (χ3n) is 3.30. The first kappa shape index (κ1) is 17.5. The van der Waals surface area contributed by atoms with E-state index in [9.17, 15) is 0 Å². The smallest absolute Gasteiger partial charge is 0.229 e. The molecule has 0 aliphatic carbocycles. The minimum Gasteiger partial charge on any atom is -0.358 e. The number of terminal acetylenes is 1. The van der Waals surface area contributed by atoms with Gasteiger partial charge in [-0.05, 0) is 44.0 Å². The number of benzene rings is 1. The summed E-state index contributed by atoms with van der Waals surface area (Å²) in [6.07, 6.45) is 8.86. The normalized spacial score (nSPS) is 10.3. The minimum absolute atomic E-state index is 0.392. The van der Waals surface area contributed by atoms with Gasteiger partial charge in [-0.3, -0.25) is 4.68 Å². The number of anilines is 3. The number of rotatable bonds is 5. The Morgan fingerprint density at radius 2 is 1.96 bits per heavy atom. The van der Waals surface area contributed by atoms with Crippen LogP contribution in [0.3, 0.4) is 0 Å². The summed E-state index contributed by atoms with van der Waals surface area (Å²) in [6.45, 7) is 0.392. The van der Waals surface area contributed by atoms with Gasteiger partial charge in [-0.15, -0.1) is 6.42 Å². The van der Waals surface area contributed by atoms with E-state index in [-0.39, 0.29) is 0 Å². The van der Waals surface area contributed by atoms with Gasteiger partial charge in [0.1, 0.15) is 11.5 Å². The topological polar surface area (TPSA) is 67.7 Å². The maximum absolute atomic E-state index is 5.27. The lowest BCUT2D eigenvalue weighted by Gasteiger charge is -2.09. The monoisotopic (exact) mass is 460 g/mol. The zero-order chi connectivity index (χ0) is 17.8. The van der Waals surface area contributed by atoms with E-state index in [0.29, 0.717) is 18.3 Å². The van der Waals surface area contributed by atoms with Gasteiger partial charge in [-0.1, -0.05) is 18.1 Å². The molecule has 3 rings (SSSR count). The molecule has 0 unspecified atom stereocenters. The lowest BCUT2D eigenvalue weighted by Crippen LogP contribution is -2.05. The van der Waals surface area contributed by atoms with E-state index in [4.69, 9.17) is 6.42 Å². The molecule has 0 aliphatic rings. The van der Waals surface area contributed by atoms with Crippen molar-refractivity contribution in [3.05, 3.63) is 45.6 Å². The molecule has 0 aliphatic heterocycles. The van der Waals surface area contributed by atoms with Crippen molar-refractivity contribution in [3.63, 3.8) is 0 Å². The van der Waals surface area contributed by atoms with Crippen molar-refractivity contribution >= 4 is 49.3 Å². The second-order valence-electron chi connectivity index (χ2n) is 5.15. The number of aryl methyl sites for hydroxylation is 1. The Balaban J connectivity index is 1.78. The predicted molar refractivity (Wildman–Crippen MR) is 107 cm³/mol. The number of hydrogen-bond donors (Lipinski definition) is 2. The van der Waals surface area contributed by atoms with Crippen molar-refractivity contribution in [3.8, 4) is 23.6 Å². The third kappa shape index (κ3) is 4.18. The van der Waals surface area contributed by atoms with Crippen molar-refractivity contribution in [2.24, 2.45) is 7.05 Å². The summed E-state index contributed by atoms with van der Waals surface area (Å²) in [5, 5.41) is 10.7. The standard InChI is InChI=1S/C17H14Br2N6/c1-3-8-20-16-13(18)9-21-17(23-16)22-12-6-4-11(5-7-12)15-14(19)10-25(2)24-15/h1,4-7,9-10H,8H2,2H3,(H2,20,21,22,23). The zero-order valence-electron chi connectivity index (χ0n) is 13.3. The van der Waals surface area contributed by atoms with Gasteiger partial charge in [-0.2, -0.15) is 10.1 Å². The molecule has 2 heterocycles. The van der Waals surface area contributed by atoms with Crippen LogP contribution in [0.2, 0.25) is 0 Å². The molecule has 0 radical (unpaired) electrons. The first-order valence-electron chi connectivity index (χ1n) is 7.33. The first-order valence-corrected chi connectivity index (χ1v) is 8.92. The molecular formula is C17H14Br2N6. The van der Waals surface area contributed by atoms with Crippen molar-refractivity contribution in [2.45, 2.75) is 0 Å². The van der Waals surface area contributed by atoms with Crippen LogP contribution in [-0.2, 0) is 7.05 Å². The van der Waals surface area contributed by atoms with E-state index < -0.39 is 0 Å². The Morgan fingerprint density at radius 3 is 2.60 bits per heavy atom. The summed E-state index contributed by atoms with van der Waals surface area (Å²) in [5.74, 6) is 3.64. The van der Waals surface area contributed by atoms with Gasteiger partial charge < -0.3 is 10.6 Å². The SMILES string of the molecule is C#CCNc1nc(Nc2ccc(-c3nn(C)cc3Br)cc2)ncc1Br. The van der Waals surface area contributed by atoms with Gasteiger partial charge in [0.15, 0.2) is 0 Å². The van der Waals surface area contributed by atoms with Crippen LogP contribution in [0.4, 0.5) is 17.5 Å². The summed E-state index contributed by atoms with van der Waals surface area (Å²) >= 11 is 6.91. The number of nitrogens with one attached hydrogen (secondary N) is 2. The molecule has 0 saturated carbocycles.